The van der Waals surface area contributed by atoms with E-state index in [1.54, 1.807) is 36.7 Å². The highest BCUT2D eigenvalue weighted by atomic mass is 16.5. The molecule has 0 atom stereocenters. The van der Waals surface area contributed by atoms with Crippen LogP contribution in [0.2, 0.25) is 0 Å². The van der Waals surface area contributed by atoms with Crippen molar-refractivity contribution in [3.05, 3.63) is 60.4 Å². The lowest BCUT2D eigenvalue weighted by Gasteiger charge is -2.02. The third-order valence-electron chi connectivity index (χ3n) is 1.87. The van der Waals surface area contributed by atoms with Gasteiger partial charge in [0.25, 0.3) is 0 Å². The van der Waals surface area contributed by atoms with Crippen LogP contribution in [0.1, 0.15) is 10.4 Å². The predicted molar refractivity (Wildman–Crippen MR) is 55.6 cm³/mol. The number of carbonyl (C=O) groups excluding carboxylic acids is 1. The maximum absolute atomic E-state index is 11.6. The largest absolute Gasteiger partial charge is 0.423 e. The average Bonchev–Trinajstić information content (AvgIpc) is 2.31. The molecule has 0 N–H and O–H groups in total. The number of benzene rings is 1. The summed E-state index contributed by atoms with van der Waals surface area (Å²) in [5, 5.41) is 0. The topological polar surface area (TPSA) is 39.2 Å². The first-order chi connectivity index (χ1) is 7.36. The molecule has 0 amide bonds. The number of ether oxygens (including phenoxy) is 1. The minimum Gasteiger partial charge on any atom is -0.423 e. The molecule has 2 rings (SSSR count). The van der Waals surface area contributed by atoms with Gasteiger partial charge in [0.2, 0.25) is 0 Å². The number of nitrogens with zero attached hydrogens (tertiary/aromatic N) is 1. The standard InChI is InChI=1S/C12H9NO2/c14-12(10-6-8-13-9-7-10)15-11-4-2-1-3-5-11/h1-9H. The number of para-hydroxylation sites is 1. The normalized spacial score (nSPS) is 9.60. The highest BCUT2D eigenvalue weighted by Gasteiger charge is 2.06. The quantitative estimate of drug-likeness (QED) is 0.550. The maximum Gasteiger partial charge on any atom is 0.343 e. The lowest BCUT2D eigenvalue weighted by Crippen LogP contribution is -2.08. The average molecular weight is 199 g/mol. The van der Waals surface area contributed by atoms with Crippen molar-refractivity contribution in [1.29, 1.82) is 0 Å². The van der Waals surface area contributed by atoms with Gasteiger partial charge < -0.3 is 4.74 Å². The smallest absolute Gasteiger partial charge is 0.343 e. The van der Waals surface area contributed by atoms with E-state index >= 15 is 0 Å². The van der Waals surface area contributed by atoms with E-state index in [4.69, 9.17) is 4.74 Å². The van der Waals surface area contributed by atoms with Gasteiger partial charge in [0, 0.05) is 12.4 Å². The van der Waals surface area contributed by atoms with E-state index in [0.29, 0.717) is 11.3 Å². The third-order valence-corrected chi connectivity index (χ3v) is 1.87. The monoisotopic (exact) mass is 199 g/mol. The number of esters is 1. The Morgan fingerprint density at radius 1 is 1.00 bits per heavy atom. The summed E-state index contributed by atoms with van der Waals surface area (Å²) in [5.74, 6) is 0.169. The Balaban J connectivity index is 2.12. The van der Waals surface area contributed by atoms with Gasteiger partial charge in [-0.25, -0.2) is 4.79 Å². The van der Waals surface area contributed by atoms with Crippen LogP contribution in [-0.2, 0) is 0 Å². The summed E-state index contributed by atoms with van der Waals surface area (Å²) in [6, 6.07) is 12.2. The van der Waals surface area contributed by atoms with Gasteiger partial charge in [0.15, 0.2) is 0 Å². The molecule has 0 spiro atoms. The van der Waals surface area contributed by atoms with Gasteiger partial charge in [-0.3, -0.25) is 4.98 Å². The second-order valence-corrected chi connectivity index (χ2v) is 2.94. The summed E-state index contributed by atoms with van der Waals surface area (Å²) < 4.78 is 5.13. The molecule has 1 aromatic carbocycles. The number of rotatable bonds is 2. The van der Waals surface area contributed by atoms with Crippen molar-refractivity contribution in [1.82, 2.24) is 4.98 Å². The molecule has 2 aromatic rings. The Hall–Kier alpha value is -2.16. The van der Waals surface area contributed by atoms with Gasteiger partial charge in [0.1, 0.15) is 5.75 Å². The highest BCUT2D eigenvalue weighted by Crippen LogP contribution is 2.10. The molecule has 0 unspecified atom stereocenters. The molecule has 0 saturated heterocycles. The summed E-state index contributed by atoms with van der Waals surface area (Å²) >= 11 is 0. The summed E-state index contributed by atoms with van der Waals surface area (Å²) in [6.45, 7) is 0. The molecule has 1 heterocycles. The van der Waals surface area contributed by atoms with Crippen LogP contribution in [0.3, 0.4) is 0 Å². The van der Waals surface area contributed by atoms with Gasteiger partial charge in [-0.1, -0.05) is 18.2 Å². The van der Waals surface area contributed by atoms with E-state index in [1.807, 2.05) is 18.2 Å². The number of hydrogen-bond donors (Lipinski definition) is 0. The molecular formula is C12H9NO2. The van der Waals surface area contributed by atoms with Crippen LogP contribution in [0, 0.1) is 0 Å². The summed E-state index contributed by atoms with van der Waals surface area (Å²) in [4.78, 5) is 15.4. The molecule has 74 valence electrons. The summed E-state index contributed by atoms with van der Waals surface area (Å²) in [6.07, 6.45) is 3.11. The minimum absolute atomic E-state index is 0.372. The van der Waals surface area contributed by atoms with Gasteiger partial charge in [0.05, 0.1) is 5.56 Å². The van der Waals surface area contributed by atoms with Gasteiger partial charge in [-0.2, -0.15) is 0 Å². The summed E-state index contributed by atoms with van der Waals surface area (Å²) in [7, 11) is 0. The van der Waals surface area contributed by atoms with Crippen molar-refractivity contribution in [3.63, 3.8) is 0 Å². The Morgan fingerprint density at radius 3 is 2.33 bits per heavy atom. The second kappa shape index (κ2) is 4.37. The zero-order valence-corrected chi connectivity index (χ0v) is 7.96. The fourth-order valence-electron chi connectivity index (χ4n) is 1.14. The first-order valence-corrected chi connectivity index (χ1v) is 4.53. The molecule has 0 radical (unpaired) electrons. The number of carbonyl (C=O) groups is 1. The maximum atomic E-state index is 11.6. The number of pyridine rings is 1. The zero-order valence-electron chi connectivity index (χ0n) is 7.96. The Bertz CT molecular complexity index is 440. The molecule has 0 bridgehead atoms. The SMILES string of the molecule is O=C(Oc1ccccc1)c1ccncc1. The van der Waals surface area contributed by atoms with Crippen LogP contribution in [0.5, 0.6) is 5.75 Å². The molecule has 0 fully saturated rings. The van der Waals surface area contributed by atoms with Crippen molar-refractivity contribution in [2.45, 2.75) is 0 Å². The predicted octanol–water partition coefficient (Wildman–Crippen LogP) is 2.30. The molecular weight excluding hydrogens is 190 g/mol. The Kier molecular flexibility index (Phi) is 2.74. The van der Waals surface area contributed by atoms with Crippen LogP contribution in [-0.4, -0.2) is 11.0 Å². The fourth-order valence-corrected chi connectivity index (χ4v) is 1.14. The van der Waals surface area contributed by atoms with E-state index in [0.717, 1.165) is 0 Å². The van der Waals surface area contributed by atoms with Crippen molar-refractivity contribution >= 4 is 5.97 Å². The molecule has 0 aliphatic rings. The van der Waals surface area contributed by atoms with Crippen LogP contribution in [0.15, 0.2) is 54.9 Å². The van der Waals surface area contributed by atoms with Crippen LogP contribution >= 0.6 is 0 Å². The highest BCUT2D eigenvalue weighted by molar-refractivity contribution is 5.90. The summed E-state index contributed by atoms with van der Waals surface area (Å²) in [5.41, 5.74) is 0.494. The van der Waals surface area contributed by atoms with Crippen LogP contribution in [0.25, 0.3) is 0 Å². The molecule has 0 aliphatic carbocycles. The van der Waals surface area contributed by atoms with E-state index in [9.17, 15) is 4.79 Å². The third kappa shape index (κ3) is 2.40. The number of hydrogen-bond acceptors (Lipinski definition) is 3. The Labute approximate surface area is 87.3 Å². The second-order valence-electron chi connectivity index (χ2n) is 2.94. The molecule has 0 aliphatic heterocycles. The van der Waals surface area contributed by atoms with Gasteiger partial charge in [-0.05, 0) is 24.3 Å². The van der Waals surface area contributed by atoms with Crippen molar-refractivity contribution in [2.24, 2.45) is 0 Å². The zero-order chi connectivity index (χ0) is 10.5. The minimum atomic E-state index is -0.372. The first-order valence-electron chi connectivity index (χ1n) is 4.53. The molecule has 3 heteroatoms. The molecule has 15 heavy (non-hydrogen) atoms. The van der Waals surface area contributed by atoms with E-state index in [-0.39, 0.29) is 5.97 Å². The molecule has 0 saturated carbocycles. The van der Waals surface area contributed by atoms with Crippen molar-refractivity contribution in [3.8, 4) is 5.75 Å². The van der Waals surface area contributed by atoms with Crippen molar-refractivity contribution < 1.29 is 9.53 Å². The number of aromatic nitrogens is 1. The van der Waals surface area contributed by atoms with E-state index in [1.165, 1.54) is 0 Å². The van der Waals surface area contributed by atoms with Gasteiger partial charge in [-0.15, -0.1) is 0 Å². The lowest BCUT2D eigenvalue weighted by atomic mass is 10.3. The van der Waals surface area contributed by atoms with Crippen LogP contribution < -0.4 is 4.74 Å². The lowest BCUT2D eigenvalue weighted by molar-refractivity contribution is 0.0734. The Morgan fingerprint density at radius 2 is 1.67 bits per heavy atom. The first kappa shape index (κ1) is 9.40. The van der Waals surface area contributed by atoms with Crippen molar-refractivity contribution in [2.75, 3.05) is 0 Å². The molecule has 3 nitrogen and oxygen atoms in total. The molecule has 1 aromatic heterocycles. The van der Waals surface area contributed by atoms with E-state index < -0.39 is 0 Å². The fraction of sp³-hybridized carbons (Fsp3) is 0. The van der Waals surface area contributed by atoms with Crippen LogP contribution in [0.4, 0.5) is 0 Å². The van der Waals surface area contributed by atoms with Gasteiger partial charge >= 0.3 is 5.97 Å². The van der Waals surface area contributed by atoms with E-state index in [2.05, 4.69) is 4.98 Å².